The number of rotatable bonds is 35. The van der Waals surface area contributed by atoms with Crippen LogP contribution in [0.25, 0.3) is 43.6 Å². The van der Waals surface area contributed by atoms with Gasteiger partial charge in [-0.1, -0.05) is 93.1 Å². The van der Waals surface area contributed by atoms with Gasteiger partial charge in [-0.2, -0.15) is 0 Å². The van der Waals surface area contributed by atoms with Crippen LogP contribution in [0.3, 0.4) is 0 Å². The summed E-state index contributed by atoms with van der Waals surface area (Å²) in [7, 11) is 0. The summed E-state index contributed by atoms with van der Waals surface area (Å²) in [6, 6.07) is 17.8. The third kappa shape index (κ3) is 17.8. The minimum Gasteiger partial charge on any atom is -0.368 e. The van der Waals surface area contributed by atoms with E-state index in [9.17, 15) is 28.8 Å². The van der Waals surface area contributed by atoms with Crippen molar-refractivity contribution in [2.24, 2.45) is 40.3 Å². The molecule has 0 saturated heterocycles. The summed E-state index contributed by atoms with van der Waals surface area (Å²) in [5.74, 6) is -7.50. The highest BCUT2D eigenvalue weighted by atomic mass is 16.2. The second-order valence-corrected chi connectivity index (χ2v) is 23.4. The Morgan fingerprint density at radius 1 is 0.366 bits per heavy atom. The Morgan fingerprint density at radius 2 is 0.634 bits per heavy atom. The molecule has 4 aromatic carbocycles. The zero-order chi connectivity index (χ0) is 66.7. The number of primary amides is 1. The van der Waals surface area contributed by atoms with Crippen LogP contribution < -0.4 is 76.9 Å². The lowest BCUT2D eigenvalue weighted by Gasteiger charge is -2.29. The van der Waals surface area contributed by atoms with Crippen LogP contribution >= 0.6 is 0 Å². The minimum atomic E-state index is -1.44. The molecular weight excluding hydrogens is 1190 g/mol. The molecule has 9 amide bonds. The molecular formula is C66H86N18O9. The number of carbonyl (C=O) groups is 9. The summed E-state index contributed by atoms with van der Waals surface area (Å²) >= 11 is 0. The largest absolute Gasteiger partial charge is 0.368 e. The van der Waals surface area contributed by atoms with Crippen molar-refractivity contribution in [3.05, 3.63) is 144 Å². The average Bonchev–Trinajstić information content (AvgIpc) is 1.78. The fraction of sp³-hybridized carbons (Fsp3) is 0.379. The fourth-order valence-electron chi connectivity index (χ4n) is 11.4. The molecule has 0 fully saturated rings. The molecule has 0 radical (unpaired) electrons. The smallest absolute Gasteiger partial charge is 0.243 e. The van der Waals surface area contributed by atoms with E-state index in [1.807, 2.05) is 104 Å². The van der Waals surface area contributed by atoms with Gasteiger partial charge in [-0.25, -0.2) is 0 Å². The molecule has 0 saturated carbocycles. The average molecular weight is 1280 g/mol. The van der Waals surface area contributed by atoms with Crippen LogP contribution in [0.1, 0.15) is 68.2 Å². The molecule has 8 aromatic rings. The number of aromatic nitrogens is 4. The molecule has 0 bridgehead atoms. The van der Waals surface area contributed by atoms with Crippen LogP contribution in [0.5, 0.6) is 0 Å². The first-order valence-electron chi connectivity index (χ1n) is 31.3. The predicted octanol–water partition coefficient (Wildman–Crippen LogP) is 0.0147. The number of para-hydroxylation sites is 4. The van der Waals surface area contributed by atoms with Crippen molar-refractivity contribution in [2.75, 3.05) is 26.2 Å². The molecule has 27 nitrogen and oxygen atoms in total. The zero-order valence-electron chi connectivity index (χ0n) is 52.2. The SMILES string of the molecule is CC[C@H](C)[C@H](NC(=O)[C@H](Cc1c[nH]c2ccccc12)NC(=O)[C@H](CCN)NC(=O)[C@H](Cc1c[nH]c2ccccc12)NC(=O)[C@H](Cc1c[nH]c2ccccc12)NC(=O)[C@H](CCN)NC(=O)[C@@H](N)CCN)C(=O)N[C@@H](CCN)C(=O)N[C@@H](Cc1c[nH]c2ccccc12)C(N)=O. The molecule has 10 atom stereocenters. The van der Waals surface area contributed by atoms with Crippen LogP contribution in [-0.2, 0) is 68.8 Å². The molecule has 0 unspecified atom stereocenters. The molecule has 27 heteroatoms. The van der Waals surface area contributed by atoms with Crippen molar-refractivity contribution >= 4 is 96.8 Å². The lowest BCUT2D eigenvalue weighted by Crippen LogP contribution is -2.62. The maximum atomic E-state index is 15.1. The van der Waals surface area contributed by atoms with Gasteiger partial charge in [0.1, 0.15) is 48.3 Å². The second kappa shape index (κ2) is 32.9. The Bertz CT molecular complexity index is 3910. The summed E-state index contributed by atoms with van der Waals surface area (Å²) in [6.07, 6.45) is 6.80. The molecule has 0 aliphatic rings. The maximum absolute atomic E-state index is 15.1. The van der Waals surface area contributed by atoms with Gasteiger partial charge < -0.3 is 96.9 Å². The number of nitrogens with two attached hydrogens (primary N) is 6. The van der Waals surface area contributed by atoms with Crippen molar-refractivity contribution in [1.29, 1.82) is 0 Å². The van der Waals surface area contributed by atoms with Crippen molar-refractivity contribution in [3.8, 4) is 0 Å². The van der Waals surface area contributed by atoms with Gasteiger partial charge in [-0.05, 0) is 104 Å². The Labute approximate surface area is 536 Å². The van der Waals surface area contributed by atoms with Gasteiger partial charge in [0.05, 0.1) is 6.04 Å². The van der Waals surface area contributed by atoms with E-state index >= 15 is 14.4 Å². The number of H-pyrrole nitrogens is 4. The van der Waals surface area contributed by atoms with Crippen LogP contribution in [0.15, 0.2) is 122 Å². The van der Waals surface area contributed by atoms with Gasteiger partial charge >= 0.3 is 0 Å². The number of fused-ring (bicyclic) bond motifs is 4. The van der Waals surface area contributed by atoms with Crippen molar-refractivity contribution in [3.63, 3.8) is 0 Å². The van der Waals surface area contributed by atoms with Gasteiger partial charge in [-0.3, -0.25) is 43.2 Å². The summed E-state index contributed by atoms with van der Waals surface area (Å²) < 4.78 is 0. The minimum absolute atomic E-state index is 0.0198. The van der Waals surface area contributed by atoms with Gasteiger partial charge in [0.25, 0.3) is 0 Å². The standard InChI is InChI=1S/C66H86N18O9/c1-3-36(2)57(66(93)79-52(23-27-70)60(87)80-53(58(72)85)28-37-32-73-46-16-8-4-12-41(37)46)84-65(92)56(31-40-35-76-49-19-11-7-15-44(40)49)82-62(89)51(22-26-69)78-63(90)54(29-38-33-74-47-17-9-5-13-42(38)47)83-64(91)55(30-39-34-75-48-18-10-6-14-43(39)48)81-61(88)50(21-25-68)77-59(86)45(71)20-24-67/h4-19,32-36,45,50-57,73-76H,3,20-31,67-71H2,1-2H3,(H2,72,85)(H,77,86)(H,78,90)(H,79,93)(H,80,87)(H,81,88)(H,82,89)(H,83,91)(H,84,92)/t36-,45-,50-,51-,52-,53-,54-,55-,56-,57-/m0/s1. The van der Waals surface area contributed by atoms with Crippen molar-refractivity contribution in [2.45, 2.75) is 126 Å². The number of hydrogen-bond acceptors (Lipinski definition) is 14. The van der Waals surface area contributed by atoms with E-state index in [0.29, 0.717) is 23.1 Å². The summed E-state index contributed by atoms with van der Waals surface area (Å²) in [4.78, 5) is 142. The molecule has 24 N–H and O–H groups in total. The quantitative estimate of drug-likeness (QED) is 0.0249. The molecule has 0 aliphatic carbocycles. The predicted molar refractivity (Wildman–Crippen MR) is 355 cm³/mol. The third-order valence-electron chi connectivity index (χ3n) is 16.8. The highest BCUT2D eigenvalue weighted by molar-refractivity contribution is 6.00. The molecule has 4 heterocycles. The van der Waals surface area contributed by atoms with E-state index in [1.165, 1.54) is 0 Å². The highest BCUT2D eigenvalue weighted by Gasteiger charge is 2.37. The Balaban J connectivity index is 1.05. The van der Waals surface area contributed by atoms with Gasteiger partial charge in [0.2, 0.25) is 53.2 Å². The van der Waals surface area contributed by atoms with Crippen LogP contribution in [-0.4, -0.2) is 154 Å². The number of nitrogens with one attached hydrogen (secondary N) is 12. The van der Waals surface area contributed by atoms with Crippen LogP contribution in [0.4, 0.5) is 0 Å². The van der Waals surface area contributed by atoms with E-state index in [2.05, 4.69) is 62.5 Å². The molecule has 8 rings (SSSR count). The van der Waals surface area contributed by atoms with Gasteiger partial charge in [0, 0.05) is 94.1 Å². The molecule has 93 heavy (non-hydrogen) atoms. The Hall–Kier alpha value is -9.93. The lowest BCUT2D eigenvalue weighted by molar-refractivity contribution is -0.136. The third-order valence-corrected chi connectivity index (χ3v) is 16.8. The van der Waals surface area contributed by atoms with E-state index in [-0.39, 0.29) is 77.5 Å². The lowest BCUT2D eigenvalue weighted by atomic mass is 9.96. The van der Waals surface area contributed by atoms with E-state index in [0.717, 1.165) is 49.2 Å². The number of hydrogen-bond donors (Lipinski definition) is 18. The fourth-order valence-corrected chi connectivity index (χ4v) is 11.4. The summed E-state index contributed by atoms with van der Waals surface area (Å²) in [6.45, 7) is 3.46. The maximum Gasteiger partial charge on any atom is 0.243 e. The number of benzene rings is 4. The first-order chi connectivity index (χ1) is 44.8. The Morgan fingerprint density at radius 3 is 0.957 bits per heavy atom. The first-order valence-corrected chi connectivity index (χ1v) is 31.3. The number of amides is 9. The first kappa shape index (κ1) is 69.0. The van der Waals surface area contributed by atoms with E-state index in [1.54, 1.807) is 31.7 Å². The monoisotopic (exact) mass is 1270 g/mol. The highest BCUT2D eigenvalue weighted by Crippen LogP contribution is 2.24. The zero-order valence-corrected chi connectivity index (χ0v) is 52.2. The Kier molecular flexibility index (Phi) is 24.4. The van der Waals surface area contributed by atoms with E-state index < -0.39 is 113 Å². The molecule has 494 valence electrons. The molecule has 4 aromatic heterocycles. The second-order valence-electron chi connectivity index (χ2n) is 23.4. The van der Waals surface area contributed by atoms with Crippen LogP contribution in [0, 0.1) is 5.92 Å². The topological polar surface area (TPSA) is 469 Å². The van der Waals surface area contributed by atoms with Gasteiger partial charge in [-0.15, -0.1) is 0 Å². The van der Waals surface area contributed by atoms with Crippen molar-refractivity contribution < 1.29 is 43.2 Å². The van der Waals surface area contributed by atoms with E-state index in [4.69, 9.17) is 34.4 Å². The summed E-state index contributed by atoms with van der Waals surface area (Å²) in [5, 5.41) is 25.3. The van der Waals surface area contributed by atoms with Crippen LogP contribution in [0.2, 0.25) is 0 Å². The number of aromatic amines is 4. The normalized spacial score (nSPS) is 14.7. The van der Waals surface area contributed by atoms with Gasteiger partial charge in [0.15, 0.2) is 0 Å². The van der Waals surface area contributed by atoms with Crippen molar-refractivity contribution in [1.82, 2.24) is 62.5 Å². The molecule has 0 aliphatic heterocycles. The molecule has 0 spiro atoms. The summed E-state index contributed by atoms with van der Waals surface area (Å²) in [5.41, 5.74) is 41.3. The number of carbonyl (C=O) groups excluding carboxylic acids is 9.